The molecule has 6 nitrogen and oxygen atoms in total. The van der Waals surface area contributed by atoms with Crippen molar-refractivity contribution in [2.45, 2.75) is 0 Å². The number of rotatable bonds is 5. The Morgan fingerprint density at radius 2 is 2.24 bits per heavy atom. The first-order valence-electron chi connectivity index (χ1n) is 4.76. The second-order valence-electron chi connectivity index (χ2n) is 3.07. The van der Waals surface area contributed by atoms with Crippen LogP contribution in [0.3, 0.4) is 0 Å². The summed E-state index contributed by atoms with van der Waals surface area (Å²) in [4.78, 5) is 24.9. The molecule has 0 saturated heterocycles. The molecular formula is C11H12N2O4. The van der Waals surface area contributed by atoms with Gasteiger partial charge in [0, 0.05) is 13.2 Å². The molecule has 17 heavy (non-hydrogen) atoms. The van der Waals surface area contributed by atoms with Crippen molar-refractivity contribution in [1.82, 2.24) is 0 Å². The SMILES string of the molecule is COCC(=O)Nc1ccc(N=C=O)cc1OC. The Morgan fingerprint density at radius 3 is 2.82 bits per heavy atom. The Balaban J connectivity index is 2.92. The smallest absolute Gasteiger partial charge is 0.250 e. The standard InChI is InChI=1S/C11H12N2O4/c1-16-6-11(15)13-9-4-3-8(12-7-14)5-10(9)17-2/h3-5H,6H2,1-2H3,(H,13,15). The summed E-state index contributed by atoms with van der Waals surface area (Å²) < 4.78 is 9.75. The molecule has 1 N–H and O–H groups in total. The predicted octanol–water partition coefficient (Wildman–Crippen LogP) is 1.25. The van der Waals surface area contributed by atoms with Crippen molar-refractivity contribution in [3.8, 4) is 5.75 Å². The van der Waals surface area contributed by atoms with Gasteiger partial charge in [0.25, 0.3) is 0 Å². The normalized spacial score (nSPS) is 9.29. The molecule has 1 aromatic carbocycles. The second-order valence-corrected chi connectivity index (χ2v) is 3.07. The molecule has 0 aliphatic carbocycles. The number of hydrogen-bond donors (Lipinski definition) is 1. The van der Waals surface area contributed by atoms with Gasteiger partial charge in [0.1, 0.15) is 12.4 Å². The molecule has 1 rings (SSSR count). The van der Waals surface area contributed by atoms with Gasteiger partial charge < -0.3 is 14.8 Å². The summed E-state index contributed by atoms with van der Waals surface area (Å²) in [5.74, 6) is 0.114. The fraction of sp³-hybridized carbons (Fsp3) is 0.273. The number of ether oxygens (including phenoxy) is 2. The molecule has 0 heterocycles. The highest BCUT2D eigenvalue weighted by Crippen LogP contribution is 2.28. The van der Waals surface area contributed by atoms with Gasteiger partial charge in [-0.15, -0.1) is 0 Å². The summed E-state index contributed by atoms with van der Waals surface area (Å²) >= 11 is 0. The number of methoxy groups -OCH3 is 2. The van der Waals surface area contributed by atoms with Crippen LogP contribution in [-0.2, 0) is 14.3 Å². The summed E-state index contributed by atoms with van der Waals surface area (Å²) in [6.07, 6.45) is 1.43. The maximum atomic E-state index is 11.3. The number of aliphatic imine (C=N–C) groups is 1. The minimum atomic E-state index is -0.294. The van der Waals surface area contributed by atoms with E-state index >= 15 is 0 Å². The highest BCUT2D eigenvalue weighted by molar-refractivity contribution is 5.93. The van der Waals surface area contributed by atoms with Crippen molar-refractivity contribution in [3.05, 3.63) is 18.2 Å². The number of hydrogen-bond acceptors (Lipinski definition) is 5. The molecule has 0 aliphatic heterocycles. The highest BCUT2D eigenvalue weighted by atomic mass is 16.5. The lowest BCUT2D eigenvalue weighted by molar-refractivity contribution is -0.119. The first-order chi connectivity index (χ1) is 8.21. The minimum Gasteiger partial charge on any atom is -0.494 e. The van der Waals surface area contributed by atoms with Crippen LogP contribution in [0.25, 0.3) is 0 Å². The van der Waals surface area contributed by atoms with Gasteiger partial charge >= 0.3 is 0 Å². The van der Waals surface area contributed by atoms with Crippen molar-refractivity contribution < 1.29 is 19.1 Å². The molecule has 0 aliphatic rings. The van der Waals surface area contributed by atoms with Crippen molar-refractivity contribution in [2.75, 3.05) is 26.1 Å². The number of carbonyl (C=O) groups is 1. The Labute approximate surface area is 98.3 Å². The van der Waals surface area contributed by atoms with Gasteiger partial charge in [0.05, 0.1) is 18.5 Å². The maximum absolute atomic E-state index is 11.3. The molecule has 1 aromatic rings. The third-order valence-electron chi connectivity index (χ3n) is 1.91. The average molecular weight is 236 g/mol. The number of carbonyl (C=O) groups excluding carboxylic acids is 2. The van der Waals surface area contributed by atoms with Gasteiger partial charge in [0.2, 0.25) is 12.0 Å². The molecule has 0 unspecified atom stereocenters. The zero-order valence-corrected chi connectivity index (χ0v) is 9.52. The molecule has 0 spiro atoms. The van der Waals surface area contributed by atoms with E-state index in [4.69, 9.17) is 4.74 Å². The monoisotopic (exact) mass is 236 g/mol. The van der Waals surface area contributed by atoms with E-state index in [-0.39, 0.29) is 12.5 Å². The van der Waals surface area contributed by atoms with E-state index < -0.39 is 0 Å². The zero-order valence-electron chi connectivity index (χ0n) is 9.52. The summed E-state index contributed by atoms with van der Waals surface area (Å²) in [7, 11) is 2.88. The quantitative estimate of drug-likeness (QED) is 0.616. The van der Waals surface area contributed by atoms with Gasteiger partial charge in [-0.25, -0.2) is 4.79 Å². The average Bonchev–Trinajstić information content (AvgIpc) is 2.31. The van der Waals surface area contributed by atoms with Crippen LogP contribution >= 0.6 is 0 Å². The Morgan fingerprint density at radius 1 is 1.47 bits per heavy atom. The minimum absolute atomic E-state index is 0.0442. The van der Waals surface area contributed by atoms with Gasteiger partial charge in [-0.1, -0.05) is 0 Å². The largest absolute Gasteiger partial charge is 0.494 e. The van der Waals surface area contributed by atoms with Gasteiger partial charge in [-0.05, 0) is 12.1 Å². The van der Waals surface area contributed by atoms with Crippen molar-refractivity contribution in [3.63, 3.8) is 0 Å². The van der Waals surface area contributed by atoms with Crippen LogP contribution in [0, 0.1) is 0 Å². The van der Waals surface area contributed by atoms with E-state index in [1.54, 1.807) is 12.1 Å². The number of nitrogens with one attached hydrogen (secondary N) is 1. The fourth-order valence-corrected chi connectivity index (χ4v) is 1.22. The van der Waals surface area contributed by atoms with Crippen molar-refractivity contribution >= 4 is 23.4 Å². The van der Waals surface area contributed by atoms with E-state index in [1.807, 2.05) is 0 Å². The van der Waals surface area contributed by atoms with E-state index in [0.717, 1.165) is 0 Å². The van der Waals surface area contributed by atoms with E-state index in [0.29, 0.717) is 17.1 Å². The first-order valence-corrected chi connectivity index (χ1v) is 4.76. The number of benzene rings is 1. The van der Waals surface area contributed by atoms with Gasteiger partial charge in [0.15, 0.2) is 0 Å². The summed E-state index contributed by atoms with van der Waals surface area (Å²) in [6.45, 7) is -0.0442. The van der Waals surface area contributed by atoms with Gasteiger partial charge in [-0.3, -0.25) is 4.79 Å². The molecule has 0 aromatic heterocycles. The molecule has 0 atom stereocenters. The van der Waals surface area contributed by atoms with E-state index in [2.05, 4.69) is 15.0 Å². The Bertz CT molecular complexity index is 453. The first kappa shape index (κ1) is 12.9. The topological polar surface area (TPSA) is 77.0 Å². The zero-order chi connectivity index (χ0) is 12.7. The second kappa shape index (κ2) is 6.42. The Hall–Kier alpha value is -2.17. The molecular weight excluding hydrogens is 224 g/mol. The molecule has 0 saturated carbocycles. The van der Waals surface area contributed by atoms with Crippen molar-refractivity contribution in [1.29, 1.82) is 0 Å². The van der Waals surface area contributed by atoms with Crippen LogP contribution in [0.15, 0.2) is 23.2 Å². The summed E-state index contributed by atoms with van der Waals surface area (Å²) in [5, 5.41) is 2.60. The molecule has 0 bridgehead atoms. The van der Waals surface area contributed by atoms with Crippen LogP contribution in [0.2, 0.25) is 0 Å². The molecule has 1 amide bonds. The van der Waals surface area contributed by atoms with Crippen LogP contribution in [0.4, 0.5) is 11.4 Å². The third-order valence-corrected chi connectivity index (χ3v) is 1.91. The van der Waals surface area contributed by atoms with Crippen LogP contribution < -0.4 is 10.1 Å². The number of nitrogens with zero attached hydrogens (tertiary/aromatic N) is 1. The molecule has 0 radical (unpaired) electrons. The Kier molecular flexibility index (Phi) is 4.87. The number of amides is 1. The van der Waals surface area contributed by atoms with E-state index in [1.165, 1.54) is 26.4 Å². The van der Waals surface area contributed by atoms with E-state index in [9.17, 15) is 9.59 Å². The van der Waals surface area contributed by atoms with Crippen molar-refractivity contribution in [2.24, 2.45) is 4.99 Å². The maximum Gasteiger partial charge on any atom is 0.250 e. The van der Waals surface area contributed by atoms with Crippen LogP contribution in [-0.4, -0.2) is 32.8 Å². The van der Waals surface area contributed by atoms with Crippen LogP contribution in [0.5, 0.6) is 5.75 Å². The lowest BCUT2D eigenvalue weighted by Gasteiger charge is -2.09. The third kappa shape index (κ3) is 3.71. The predicted molar refractivity (Wildman–Crippen MR) is 61.3 cm³/mol. The van der Waals surface area contributed by atoms with Gasteiger partial charge in [-0.2, -0.15) is 4.99 Å². The number of anilines is 1. The number of isocyanates is 1. The lowest BCUT2D eigenvalue weighted by atomic mass is 10.2. The highest BCUT2D eigenvalue weighted by Gasteiger charge is 2.07. The summed E-state index contributed by atoms with van der Waals surface area (Å²) in [5.41, 5.74) is 0.890. The molecule has 90 valence electrons. The fourth-order valence-electron chi connectivity index (χ4n) is 1.22. The van der Waals surface area contributed by atoms with Crippen LogP contribution in [0.1, 0.15) is 0 Å². The molecule has 0 fully saturated rings. The lowest BCUT2D eigenvalue weighted by Crippen LogP contribution is -2.17. The molecule has 6 heteroatoms. The summed E-state index contributed by atoms with van der Waals surface area (Å²) in [6, 6.07) is 4.67.